The molecule has 19 heavy (non-hydrogen) atoms. The molecule has 106 valence electrons. The van der Waals surface area contributed by atoms with Crippen LogP contribution in [0.3, 0.4) is 0 Å². The highest BCUT2D eigenvalue weighted by Gasteiger charge is 2.21. The van der Waals surface area contributed by atoms with Crippen LogP contribution in [0.1, 0.15) is 38.7 Å². The normalized spacial score (nSPS) is 20.7. The maximum Gasteiger partial charge on any atom is 0.0467 e. The molecule has 1 nitrogen and oxygen atoms in total. The van der Waals surface area contributed by atoms with Crippen molar-refractivity contribution in [3.8, 4) is 0 Å². The Labute approximate surface area is 130 Å². The fraction of sp³-hybridized carbons (Fsp3) is 0.625. The summed E-state index contributed by atoms with van der Waals surface area (Å²) in [7, 11) is 0. The standard InChI is InChI=1S/C16H23BrClN/c1-12(2)13-5-4-9-19(10-8-13)16-7-3-6-15(18)14(16)11-17/h3,6-7,12-13H,4-5,8-11H2,1-2H3. The van der Waals surface area contributed by atoms with Crippen molar-refractivity contribution in [2.45, 2.75) is 38.4 Å². The molecule has 0 spiro atoms. The second-order valence-electron chi connectivity index (χ2n) is 5.79. The largest absolute Gasteiger partial charge is 0.371 e. The SMILES string of the molecule is CC(C)C1CCCN(c2cccc(Cl)c2CBr)CC1. The third-order valence-electron chi connectivity index (χ3n) is 4.28. The molecule has 0 N–H and O–H groups in total. The van der Waals surface area contributed by atoms with Gasteiger partial charge >= 0.3 is 0 Å². The van der Waals surface area contributed by atoms with Gasteiger partial charge in [0.1, 0.15) is 0 Å². The smallest absolute Gasteiger partial charge is 0.0467 e. The first-order chi connectivity index (χ1) is 9.13. The Morgan fingerprint density at radius 3 is 2.79 bits per heavy atom. The van der Waals surface area contributed by atoms with Gasteiger partial charge in [0, 0.05) is 34.7 Å². The molecule has 1 aromatic rings. The van der Waals surface area contributed by atoms with E-state index in [2.05, 4.69) is 46.8 Å². The summed E-state index contributed by atoms with van der Waals surface area (Å²) in [5.41, 5.74) is 2.54. The Morgan fingerprint density at radius 1 is 1.32 bits per heavy atom. The van der Waals surface area contributed by atoms with E-state index in [1.807, 2.05) is 6.07 Å². The van der Waals surface area contributed by atoms with E-state index in [9.17, 15) is 0 Å². The lowest BCUT2D eigenvalue weighted by atomic mass is 9.89. The van der Waals surface area contributed by atoms with Gasteiger partial charge in [0.05, 0.1) is 0 Å². The lowest BCUT2D eigenvalue weighted by Gasteiger charge is -2.26. The highest BCUT2D eigenvalue weighted by molar-refractivity contribution is 9.08. The van der Waals surface area contributed by atoms with E-state index < -0.39 is 0 Å². The highest BCUT2D eigenvalue weighted by Crippen LogP contribution is 2.33. The Morgan fingerprint density at radius 2 is 2.11 bits per heavy atom. The molecular weight excluding hydrogens is 322 g/mol. The first-order valence-electron chi connectivity index (χ1n) is 7.21. The van der Waals surface area contributed by atoms with E-state index in [-0.39, 0.29) is 0 Å². The van der Waals surface area contributed by atoms with Crippen molar-refractivity contribution in [2.24, 2.45) is 11.8 Å². The van der Waals surface area contributed by atoms with Crippen molar-refractivity contribution in [2.75, 3.05) is 18.0 Å². The third kappa shape index (κ3) is 3.66. The van der Waals surface area contributed by atoms with Gasteiger partial charge in [-0.1, -0.05) is 47.4 Å². The molecule has 1 saturated heterocycles. The van der Waals surface area contributed by atoms with Crippen LogP contribution in [0.5, 0.6) is 0 Å². The first kappa shape index (κ1) is 15.2. The quantitative estimate of drug-likeness (QED) is 0.655. The fourth-order valence-corrected chi connectivity index (χ4v) is 3.99. The predicted molar refractivity (Wildman–Crippen MR) is 88.5 cm³/mol. The van der Waals surface area contributed by atoms with Crippen molar-refractivity contribution in [3.63, 3.8) is 0 Å². The van der Waals surface area contributed by atoms with Crippen LogP contribution in [-0.2, 0) is 5.33 Å². The predicted octanol–water partition coefficient (Wildman–Crippen LogP) is 5.50. The summed E-state index contributed by atoms with van der Waals surface area (Å²) < 4.78 is 0. The Bertz CT molecular complexity index is 419. The van der Waals surface area contributed by atoms with Gasteiger partial charge in [0.15, 0.2) is 0 Å². The molecule has 1 unspecified atom stereocenters. The number of hydrogen-bond acceptors (Lipinski definition) is 1. The maximum atomic E-state index is 6.31. The molecule has 0 aliphatic carbocycles. The zero-order chi connectivity index (χ0) is 13.8. The van der Waals surface area contributed by atoms with Crippen LogP contribution in [0.2, 0.25) is 5.02 Å². The Kier molecular flexibility index (Phi) is 5.58. The van der Waals surface area contributed by atoms with Gasteiger partial charge < -0.3 is 4.90 Å². The van der Waals surface area contributed by atoms with Crippen molar-refractivity contribution in [1.29, 1.82) is 0 Å². The molecule has 1 atom stereocenters. The molecule has 1 heterocycles. The lowest BCUT2D eigenvalue weighted by Crippen LogP contribution is -2.25. The van der Waals surface area contributed by atoms with E-state index >= 15 is 0 Å². The highest BCUT2D eigenvalue weighted by atomic mass is 79.9. The Hall–Kier alpha value is -0.210. The average Bonchev–Trinajstić information content (AvgIpc) is 2.64. The number of rotatable bonds is 3. The molecule has 0 aromatic heterocycles. The summed E-state index contributed by atoms with van der Waals surface area (Å²) in [5.74, 6) is 1.67. The monoisotopic (exact) mass is 343 g/mol. The summed E-state index contributed by atoms with van der Waals surface area (Å²) in [6.45, 7) is 7.01. The third-order valence-corrected chi connectivity index (χ3v) is 5.20. The van der Waals surface area contributed by atoms with Gasteiger partial charge in [0.25, 0.3) is 0 Å². The topological polar surface area (TPSA) is 3.24 Å². The van der Waals surface area contributed by atoms with E-state index in [0.717, 1.165) is 35.3 Å². The summed E-state index contributed by atoms with van der Waals surface area (Å²) >= 11 is 9.88. The Balaban J connectivity index is 2.16. The number of anilines is 1. The van der Waals surface area contributed by atoms with Gasteiger partial charge in [-0.15, -0.1) is 0 Å². The van der Waals surface area contributed by atoms with E-state index in [1.54, 1.807) is 0 Å². The number of alkyl halides is 1. The van der Waals surface area contributed by atoms with Crippen LogP contribution in [0.25, 0.3) is 0 Å². The number of nitrogens with zero attached hydrogens (tertiary/aromatic N) is 1. The molecule has 1 aromatic carbocycles. The summed E-state index contributed by atoms with van der Waals surface area (Å²) in [6.07, 6.45) is 3.95. The van der Waals surface area contributed by atoms with E-state index in [0.29, 0.717) is 0 Å². The number of hydrogen-bond donors (Lipinski definition) is 0. The molecule has 3 heteroatoms. The van der Waals surface area contributed by atoms with Crippen LogP contribution in [0.15, 0.2) is 18.2 Å². The minimum absolute atomic E-state index is 0.801. The van der Waals surface area contributed by atoms with Gasteiger partial charge in [-0.2, -0.15) is 0 Å². The molecule has 0 saturated carbocycles. The van der Waals surface area contributed by atoms with Crippen molar-refractivity contribution >= 4 is 33.2 Å². The number of benzene rings is 1. The molecular formula is C16H23BrClN. The lowest BCUT2D eigenvalue weighted by molar-refractivity contribution is 0.351. The van der Waals surface area contributed by atoms with Crippen molar-refractivity contribution in [3.05, 3.63) is 28.8 Å². The minimum Gasteiger partial charge on any atom is -0.371 e. The fourth-order valence-electron chi connectivity index (χ4n) is 3.01. The molecule has 1 fully saturated rings. The molecule has 2 rings (SSSR count). The van der Waals surface area contributed by atoms with Gasteiger partial charge in [-0.25, -0.2) is 0 Å². The van der Waals surface area contributed by atoms with Gasteiger partial charge in [-0.3, -0.25) is 0 Å². The molecule has 1 aliphatic rings. The summed E-state index contributed by atoms with van der Waals surface area (Å²) in [4.78, 5) is 2.52. The average molecular weight is 345 g/mol. The molecule has 0 amide bonds. The zero-order valence-corrected chi connectivity index (χ0v) is 14.2. The molecule has 0 bridgehead atoms. The van der Waals surface area contributed by atoms with Crippen LogP contribution in [0, 0.1) is 11.8 Å². The first-order valence-corrected chi connectivity index (χ1v) is 8.71. The van der Waals surface area contributed by atoms with Crippen LogP contribution in [-0.4, -0.2) is 13.1 Å². The minimum atomic E-state index is 0.801. The zero-order valence-electron chi connectivity index (χ0n) is 11.8. The van der Waals surface area contributed by atoms with E-state index in [1.165, 1.54) is 30.5 Å². The molecule has 0 radical (unpaired) electrons. The van der Waals surface area contributed by atoms with E-state index in [4.69, 9.17) is 11.6 Å². The maximum absolute atomic E-state index is 6.31. The molecule has 1 aliphatic heterocycles. The second kappa shape index (κ2) is 6.99. The summed E-state index contributed by atoms with van der Waals surface area (Å²) in [6, 6.07) is 6.25. The van der Waals surface area contributed by atoms with Crippen molar-refractivity contribution < 1.29 is 0 Å². The number of halogens is 2. The van der Waals surface area contributed by atoms with Crippen LogP contribution in [0.4, 0.5) is 5.69 Å². The van der Waals surface area contributed by atoms with Gasteiger partial charge in [0.2, 0.25) is 0 Å². The van der Waals surface area contributed by atoms with Crippen LogP contribution < -0.4 is 4.90 Å². The second-order valence-corrected chi connectivity index (χ2v) is 6.76. The van der Waals surface area contributed by atoms with Crippen LogP contribution >= 0.6 is 27.5 Å². The summed E-state index contributed by atoms with van der Waals surface area (Å²) in [5, 5.41) is 1.70. The van der Waals surface area contributed by atoms with Crippen molar-refractivity contribution in [1.82, 2.24) is 0 Å². The van der Waals surface area contributed by atoms with Gasteiger partial charge in [-0.05, 0) is 43.2 Å².